The molecule has 1 amide bonds. The highest BCUT2D eigenvalue weighted by Gasteiger charge is 2.55. The first-order valence-corrected chi connectivity index (χ1v) is 14.8. The first-order chi connectivity index (χ1) is 18.4. The molecule has 2 N–H and O–H groups in total. The normalized spacial score (nSPS) is 23.1. The molecule has 0 unspecified atom stereocenters. The van der Waals surface area contributed by atoms with Crippen molar-refractivity contribution in [2.75, 3.05) is 31.5 Å². The van der Waals surface area contributed by atoms with E-state index in [-0.39, 0.29) is 11.7 Å². The lowest BCUT2D eigenvalue weighted by Crippen LogP contribution is -2.63. The molecule has 3 aliphatic rings. The summed E-state index contributed by atoms with van der Waals surface area (Å²) >= 11 is 5.80. The number of nitrogens with one attached hydrogen (secondary N) is 2. The molecule has 2 aromatic rings. The van der Waals surface area contributed by atoms with Crippen LogP contribution in [0.4, 0.5) is 5.69 Å². The van der Waals surface area contributed by atoms with E-state index in [0.29, 0.717) is 17.9 Å². The van der Waals surface area contributed by atoms with Crippen LogP contribution in [-0.2, 0) is 11.3 Å². The van der Waals surface area contributed by atoms with Crippen LogP contribution in [0.1, 0.15) is 57.1 Å². The molecular formula is C31H43N5OS. The summed E-state index contributed by atoms with van der Waals surface area (Å²) in [6, 6.07) is 19.2. The monoisotopic (exact) mass is 533 g/mol. The Morgan fingerprint density at radius 2 is 1.79 bits per heavy atom. The molecule has 0 bridgehead atoms. The van der Waals surface area contributed by atoms with Gasteiger partial charge in [0.25, 0.3) is 0 Å². The van der Waals surface area contributed by atoms with Gasteiger partial charge in [-0.1, -0.05) is 62.7 Å². The maximum atomic E-state index is 13.9. The summed E-state index contributed by atoms with van der Waals surface area (Å²) in [4.78, 5) is 21.0. The Morgan fingerprint density at radius 3 is 2.45 bits per heavy atom. The van der Waals surface area contributed by atoms with Crippen LogP contribution in [0.25, 0.3) is 0 Å². The average Bonchev–Trinajstić information content (AvgIpc) is 3.21. The number of carbonyl (C=O) groups excluding carboxylic acids is 1. The molecule has 3 saturated heterocycles. The van der Waals surface area contributed by atoms with Gasteiger partial charge < -0.3 is 15.1 Å². The standard InChI is InChI=1S/C31H43N5OS/c1-4-24(3)28-29(37)36(27-13-17-34(18-14-27)22-25-10-6-5-7-11-25)31(33-28)15-19-35(20-16-31)30(38)32-26-12-8-9-23(2)21-26/h5-12,21,24,27-28,33H,4,13-20,22H2,1-3H3,(H,32,38)/t24-,28-/m1/s1. The van der Waals surface area contributed by atoms with Crippen molar-refractivity contribution in [2.24, 2.45) is 5.92 Å². The first-order valence-electron chi connectivity index (χ1n) is 14.4. The highest BCUT2D eigenvalue weighted by molar-refractivity contribution is 7.80. The number of hydrogen-bond donors (Lipinski definition) is 2. The van der Waals surface area contributed by atoms with E-state index >= 15 is 0 Å². The van der Waals surface area contributed by atoms with Crippen LogP contribution < -0.4 is 10.6 Å². The fraction of sp³-hybridized carbons (Fsp3) is 0.548. The van der Waals surface area contributed by atoms with Crippen molar-refractivity contribution in [3.8, 4) is 0 Å². The largest absolute Gasteiger partial charge is 0.349 e. The topological polar surface area (TPSA) is 50.9 Å². The number of rotatable bonds is 6. The van der Waals surface area contributed by atoms with Crippen LogP contribution in [0, 0.1) is 12.8 Å². The van der Waals surface area contributed by atoms with E-state index in [9.17, 15) is 4.79 Å². The van der Waals surface area contributed by atoms with Gasteiger partial charge in [-0.2, -0.15) is 0 Å². The van der Waals surface area contributed by atoms with Gasteiger partial charge in [-0.3, -0.25) is 15.0 Å². The Morgan fingerprint density at radius 1 is 1.08 bits per heavy atom. The van der Waals surface area contributed by atoms with Crippen LogP contribution >= 0.6 is 12.2 Å². The SMILES string of the molecule is CC[C@@H](C)[C@H]1NC2(CCN(C(=S)Nc3cccc(C)c3)CC2)N(C2CCN(Cc3ccccc3)CC2)C1=O. The molecule has 3 heterocycles. The summed E-state index contributed by atoms with van der Waals surface area (Å²) in [6.07, 6.45) is 4.86. The predicted molar refractivity (Wildman–Crippen MR) is 159 cm³/mol. The molecule has 0 aliphatic carbocycles. The molecule has 38 heavy (non-hydrogen) atoms. The molecule has 204 valence electrons. The summed E-state index contributed by atoms with van der Waals surface area (Å²) < 4.78 is 0. The Balaban J connectivity index is 1.25. The zero-order valence-electron chi connectivity index (χ0n) is 23.2. The lowest BCUT2D eigenvalue weighted by Gasteiger charge is -2.49. The van der Waals surface area contributed by atoms with Gasteiger partial charge in [-0.25, -0.2) is 0 Å². The number of likely N-dealkylation sites (tertiary alicyclic amines) is 2. The lowest BCUT2D eigenvalue weighted by atomic mass is 9.92. The molecule has 2 atom stereocenters. The molecule has 3 fully saturated rings. The minimum Gasteiger partial charge on any atom is -0.349 e. The van der Waals surface area contributed by atoms with E-state index in [1.165, 1.54) is 11.1 Å². The Labute approximate surface area is 233 Å². The van der Waals surface area contributed by atoms with Crippen molar-refractivity contribution in [1.29, 1.82) is 0 Å². The third-order valence-electron chi connectivity index (χ3n) is 8.92. The highest BCUT2D eigenvalue weighted by Crippen LogP contribution is 2.39. The van der Waals surface area contributed by atoms with E-state index in [4.69, 9.17) is 12.2 Å². The number of thiocarbonyl (C=S) groups is 1. The third-order valence-corrected chi connectivity index (χ3v) is 9.28. The second-order valence-corrected chi connectivity index (χ2v) is 11.9. The fourth-order valence-electron chi connectivity index (χ4n) is 6.50. The quantitative estimate of drug-likeness (QED) is 0.510. The third kappa shape index (κ3) is 5.75. The van der Waals surface area contributed by atoms with E-state index < -0.39 is 0 Å². The van der Waals surface area contributed by atoms with Gasteiger partial charge in [0.1, 0.15) is 0 Å². The summed E-state index contributed by atoms with van der Waals surface area (Å²) in [5.41, 5.74) is 3.34. The molecular weight excluding hydrogens is 490 g/mol. The second-order valence-electron chi connectivity index (χ2n) is 11.5. The average molecular weight is 534 g/mol. The maximum absolute atomic E-state index is 13.9. The van der Waals surface area contributed by atoms with Gasteiger partial charge in [0.15, 0.2) is 5.11 Å². The van der Waals surface area contributed by atoms with Gasteiger partial charge in [0.2, 0.25) is 5.91 Å². The van der Waals surface area contributed by atoms with Crippen LogP contribution in [0.3, 0.4) is 0 Å². The van der Waals surface area contributed by atoms with Gasteiger partial charge >= 0.3 is 0 Å². The van der Waals surface area contributed by atoms with E-state index in [2.05, 4.69) is 101 Å². The number of aryl methyl sites for hydroxylation is 1. The number of amides is 1. The van der Waals surface area contributed by atoms with Gasteiger partial charge in [-0.15, -0.1) is 0 Å². The molecule has 6 nitrogen and oxygen atoms in total. The van der Waals surface area contributed by atoms with Gasteiger partial charge in [0.05, 0.1) is 11.7 Å². The number of benzene rings is 2. The van der Waals surface area contributed by atoms with Crippen LogP contribution in [0.15, 0.2) is 54.6 Å². The van der Waals surface area contributed by atoms with Gasteiger partial charge in [-0.05, 0) is 61.2 Å². The number of piperidine rings is 2. The minimum absolute atomic E-state index is 0.0914. The van der Waals surface area contributed by atoms with Crippen molar-refractivity contribution in [1.82, 2.24) is 20.0 Å². The van der Waals surface area contributed by atoms with Crippen molar-refractivity contribution < 1.29 is 4.79 Å². The summed E-state index contributed by atoms with van der Waals surface area (Å²) in [5, 5.41) is 8.09. The molecule has 7 heteroatoms. The van der Waals surface area contributed by atoms with E-state index in [1.807, 2.05) is 0 Å². The van der Waals surface area contributed by atoms with E-state index in [1.54, 1.807) is 0 Å². The van der Waals surface area contributed by atoms with Crippen LogP contribution in [0.2, 0.25) is 0 Å². The molecule has 2 aromatic carbocycles. The van der Waals surface area contributed by atoms with E-state index in [0.717, 1.165) is 75.6 Å². The smallest absolute Gasteiger partial charge is 0.241 e. The summed E-state index contributed by atoms with van der Waals surface area (Å²) in [7, 11) is 0. The molecule has 1 spiro atoms. The van der Waals surface area contributed by atoms with Crippen molar-refractivity contribution >= 4 is 28.9 Å². The zero-order valence-corrected chi connectivity index (χ0v) is 24.0. The fourth-order valence-corrected chi connectivity index (χ4v) is 6.80. The van der Waals surface area contributed by atoms with Crippen LogP contribution in [0.5, 0.6) is 0 Å². The van der Waals surface area contributed by atoms with Crippen LogP contribution in [-0.4, -0.2) is 69.6 Å². The lowest BCUT2D eigenvalue weighted by molar-refractivity contribution is -0.138. The molecule has 0 aromatic heterocycles. The van der Waals surface area contributed by atoms with Gasteiger partial charge in [0, 0.05) is 57.3 Å². The zero-order chi connectivity index (χ0) is 26.7. The first kappa shape index (κ1) is 27.1. The minimum atomic E-state index is -0.271. The van der Waals surface area contributed by atoms with Crippen molar-refractivity contribution in [3.05, 3.63) is 65.7 Å². The second kappa shape index (κ2) is 11.7. The predicted octanol–water partition coefficient (Wildman–Crippen LogP) is 5.00. The highest BCUT2D eigenvalue weighted by atomic mass is 32.1. The Bertz CT molecular complexity index is 1110. The number of carbonyl (C=O) groups is 1. The summed E-state index contributed by atoms with van der Waals surface area (Å²) in [5.74, 6) is 0.638. The summed E-state index contributed by atoms with van der Waals surface area (Å²) in [6.45, 7) is 11.2. The Hall–Kier alpha value is -2.48. The maximum Gasteiger partial charge on any atom is 0.241 e. The van der Waals surface area contributed by atoms with Crippen molar-refractivity contribution in [3.63, 3.8) is 0 Å². The molecule has 0 radical (unpaired) electrons. The molecule has 3 aliphatic heterocycles. The number of hydrogen-bond acceptors (Lipinski definition) is 4. The Kier molecular flexibility index (Phi) is 8.36. The number of anilines is 1. The number of nitrogens with zero attached hydrogens (tertiary/aromatic N) is 3. The molecule has 0 saturated carbocycles. The molecule has 5 rings (SSSR count). The van der Waals surface area contributed by atoms with Crippen molar-refractivity contribution in [2.45, 2.75) is 77.2 Å².